The number of nitrogens with zero attached hydrogens (tertiary/aromatic N) is 4. The molecule has 7 heteroatoms. The summed E-state index contributed by atoms with van der Waals surface area (Å²) >= 11 is 1.53. The van der Waals surface area contributed by atoms with E-state index in [1.807, 2.05) is 54.7 Å². The number of hydrogen-bond donors (Lipinski definition) is 0. The standard InChI is InChI=1S/C19H14N4O2S/c24-23(25)16-8-4-5-14(11-16)13-26-19-10-9-18-20-17(12-22(18)21-19)15-6-2-1-3-7-15/h1-12H,13H2. The highest BCUT2D eigenvalue weighted by Gasteiger charge is 2.08. The van der Waals surface area contributed by atoms with Gasteiger partial charge in [-0.3, -0.25) is 10.1 Å². The van der Waals surface area contributed by atoms with Gasteiger partial charge in [0.2, 0.25) is 0 Å². The second-order valence-corrected chi connectivity index (χ2v) is 6.68. The van der Waals surface area contributed by atoms with Crippen molar-refractivity contribution >= 4 is 23.1 Å². The molecule has 0 unspecified atom stereocenters. The van der Waals surface area contributed by atoms with Gasteiger partial charge in [-0.15, -0.1) is 0 Å². The van der Waals surface area contributed by atoms with E-state index in [-0.39, 0.29) is 10.6 Å². The number of non-ortho nitro benzene ring substituents is 1. The molecule has 0 N–H and O–H groups in total. The molecule has 4 rings (SSSR count). The number of fused-ring (bicyclic) bond motifs is 1. The maximum Gasteiger partial charge on any atom is 0.269 e. The van der Waals surface area contributed by atoms with Crippen molar-refractivity contribution in [2.75, 3.05) is 0 Å². The summed E-state index contributed by atoms with van der Waals surface area (Å²) in [6.07, 6.45) is 1.90. The van der Waals surface area contributed by atoms with E-state index >= 15 is 0 Å². The van der Waals surface area contributed by atoms with Crippen molar-refractivity contribution in [2.45, 2.75) is 10.8 Å². The number of imidazole rings is 1. The predicted octanol–water partition coefficient (Wildman–Crippen LogP) is 4.60. The molecule has 0 bridgehead atoms. The van der Waals surface area contributed by atoms with E-state index < -0.39 is 0 Å². The van der Waals surface area contributed by atoms with Crippen LogP contribution in [0, 0.1) is 10.1 Å². The zero-order chi connectivity index (χ0) is 17.9. The van der Waals surface area contributed by atoms with E-state index in [0.717, 1.165) is 27.5 Å². The molecular formula is C19H14N4O2S. The van der Waals surface area contributed by atoms with Crippen LogP contribution in [0.2, 0.25) is 0 Å². The Morgan fingerprint density at radius 3 is 2.69 bits per heavy atom. The molecule has 2 heterocycles. The number of benzene rings is 2. The van der Waals surface area contributed by atoms with E-state index in [1.165, 1.54) is 17.8 Å². The lowest BCUT2D eigenvalue weighted by atomic mass is 10.2. The molecule has 0 aliphatic heterocycles. The molecule has 0 saturated carbocycles. The average molecular weight is 362 g/mol. The maximum atomic E-state index is 10.9. The molecule has 0 spiro atoms. The van der Waals surface area contributed by atoms with E-state index in [9.17, 15) is 10.1 Å². The quantitative estimate of drug-likeness (QED) is 0.295. The van der Waals surface area contributed by atoms with Crippen molar-refractivity contribution in [3.63, 3.8) is 0 Å². The Bertz CT molecular complexity index is 1080. The minimum atomic E-state index is -0.380. The number of hydrogen-bond acceptors (Lipinski definition) is 5. The summed E-state index contributed by atoms with van der Waals surface area (Å²) in [4.78, 5) is 15.1. The molecule has 4 aromatic rings. The van der Waals surface area contributed by atoms with Crippen LogP contribution in [0.5, 0.6) is 0 Å². The van der Waals surface area contributed by atoms with Gasteiger partial charge < -0.3 is 0 Å². The average Bonchev–Trinajstić information content (AvgIpc) is 3.11. The largest absolute Gasteiger partial charge is 0.269 e. The van der Waals surface area contributed by atoms with Gasteiger partial charge in [-0.1, -0.05) is 54.2 Å². The van der Waals surface area contributed by atoms with Gasteiger partial charge in [0.15, 0.2) is 5.65 Å². The fourth-order valence-corrected chi connectivity index (χ4v) is 3.41. The summed E-state index contributed by atoms with van der Waals surface area (Å²) in [7, 11) is 0. The first-order valence-electron chi connectivity index (χ1n) is 7.97. The van der Waals surface area contributed by atoms with Crippen LogP contribution >= 0.6 is 11.8 Å². The predicted molar refractivity (Wildman–Crippen MR) is 101 cm³/mol. The molecule has 2 aromatic heterocycles. The van der Waals surface area contributed by atoms with Crippen LogP contribution < -0.4 is 0 Å². The molecule has 0 saturated heterocycles. The molecule has 0 aliphatic rings. The lowest BCUT2D eigenvalue weighted by Gasteiger charge is -2.02. The van der Waals surface area contributed by atoms with Crippen LogP contribution in [-0.4, -0.2) is 19.5 Å². The number of thioether (sulfide) groups is 1. The normalized spacial score (nSPS) is 10.9. The third-order valence-electron chi connectivity index (χ3n) is 3.87. The Morgan fingerprint density at radius 2 is 1.88 bits per heavy atom. The minimum absolute atomic E-state index is 0.105. The zero-order valence-electron chi connectivity index (χ0n) is 13.6. The molecule has 2 aromatic carbocycles. The minimum Gasteiger partial charge on any atom is -0.258 e. The van der Waals surface area contributed by atoms with E-state index in [4.69, 9.17) is 0 Å². The van der Waals surface area contributed by atoms with Gasteiger partial charge in [0, 0.05) is 23.4 Å². The topological polar surface area (TPSA) is 73.3 Å². The molecular weight excluding hydrogens is 348 g/mol. The number of nitro benzene ring substituents is 1. The first-order valence-corrected chi connectivity index (χ1v) is 8.95. The third kappa shape index (κ3) is 3.43. The first-order chi connectivity index (χ1) is 12.7. The van der Waals surface area contributed by atoms with Gasteiger partial charge in [-0.25, -0.2) is 9.50 Å². The molecule has 128 valence electrons. The highest BCUT2D eigenvalue weighted by molar-refractivity contribution is 7.98. The van der Waals surface area contributed by atoms with Gasteiger partial charge in [0.1, 0.15) is 5.03 Å². The Labute approximate surface area is 153 Å². The van der Waals surface area contributed by atoms with Crippen LogP contribution in [0.1, 0.15) is 5.56 Å². The van der Waals surface area contributed by atoms with Gasteiger partial charge in [0.05, 0.1) is 16.8 Å². The molecule has 0 fully saturated rings. The Hall–Kier alpha value is -3.19. The summed E-state index contributed by atoms with van der Waals surface area (Å²) in [5.74, 6) is 0.612. The summed E-state index contributed by atoms with van der Waals surface area (Å²) in [6, 6.07) is 20.5. The third-order valence-corrected chi connectivity index (χ3v) is 4.86. The Morgan fingerprint density at radius 1 is 1.04 bits per heavy atom. The highest BCUT2D eigenvalue weighted by Crippen LogP contribution is 2.24. The number of aromatic nitrogens is 3. The van der Waals surface area contributed by atoms with Gasteiger partial charge in [-0.05, 0) is 17.7 Å². The van der Waals surface area contributed by atoms with Crippen LogP contribution in [0.3, 0.4) is 0 Å². The molecule has 0 amide bonds. The van der Waals surface area contributed by atoms with Crippen molar-refractivity contribution in [3.8, 4) is 11.3 Å². The lowest BCUT2D eigenvalue weighted by molar-refractivity contribution is -0.384. The molecule has 0 radical (unpaired) electrons. The molecule has 6 nitrogen and oxygen atoms in total. The van der Waals surface area contributed by atoms with Crippen molar-refractivity contribution in [3.05, 3.63) is 88.6 Å². The van der Waals surface area contributed by atoms with Gasteiger partial charge in [-0.2, -0.15) is 5.10 Å². The van der Waals surface area contributed by atoms with Gasteiger partial charge in [0.25, 0.3) is 5.69 Å². The van der Waals surface area contributed by atoms with E-state index in [0.29, 0.717) is 5.75 Å². The summed E-state index contributed by atoms with van der Waals surface area (Å²) < 4.78 is 1.76. The van der Waals surface area contributed by atoms with E-state index in [1.54, 1.807) is 16.6 Å². The first kappa shape index (κ1) is 16.3. The fourth-order valence-electron chi connectivity index (χ4n) is 2.61. The smallest absolute Gasteiger partial charge is 0.258 e. The summed E-state index contributed by atoms with van der Waals surface area (Å²) in [5, 5.41) is 16.3. The summed E-state index contributed by atoms with van der Waals surface area (Å²) in [6.45, 7) is 0. The maximum absolute atomic E-state index is 10.9. The SMILES string of the molecule is O=[N+]([O-])c1cccc(CSc2ccc3nc(-c4ccccc4)cn3n2)c1. The Balaban J connectivity index is 1.54. The summed E-state index contributed by atoms with van der Waals surface area (Å²) in [5.41, 5.74) is 3.70. The lowest BCUT2D eigenvalue weighted by Crippen LogP contribution is -1.93. The van der Waals surface area contributed by atoms with Crippen LogP contribution in [0.15, 0.2) is 78.0 Å². The van der Waals surface area contributed by atoms with Crippen molar-refractivity contribution < 1.29 is 4.92 Å². The molecule has 0 aliphatic carbocycles. The fraction of sp³-hybridized carbons (Fsp3) is 0.0526. The van der Waals surface area contributed by atoms with Crippen LogP contribution in [0.4, 0.5) is 5.69 Å². The number of nitro groups is 1. The monoisotopic (exact) mass is 362 g/mol. The second kappa shape index (κ2) is 6.97. The molecule has 26 heavy (non-hydrogen) atoms. The Kier molecular flexibility index (Phi) is 4.37. The molecule has 0 atom stereocenters. The highest BCUT2D eigenvalue weighted by atomic mass is 32.2. The zero-order valence-corrected chi connectivity index (χ0v) is 14.5. The second-order valence-electron chi connectivity index (χ2n) is 5.68. The van der Waals surface area contributed by atoms with E-state index in [2.05, 4.69) is 10.1 Å². The van der Waals surface area contributed by atoms with Crippen molar-refractivity contribution in [1.29, 1.82) is 0 Å². The van der Waals surface area contributed by atoms with Crippen molar-refractivity contribution in [2.24, 2.45) is 0 Å². The number of rotatable bonds is 5. The van der Waals surface area contributed by atoms with Gasteiger partial charge >= 0.3 is 0 Å². The van der Waals surface area contributed by atoms with Crippen LogP contribution in [0.25, 0.3) is 16.9 Å². The van der Waals surface area contributed by atoms with Crippen molar-refractivity contribution in [1.82, 2.24) is 14.6 Å². The van der Waals surface area contributed by atoms with Crippen LogP contribution in [-0.2, 0) is 5.75 Å².